The predicted molar refractivity (Wildman–Crippen MR) is 134 cm³/mol. The van der Waals surface area contributed by atoms with Crippen LogP contribution < -0.4 is 10.3 Å². The number of anilines is 1. The number of hydrogen-bond donors (Lipinski definition) is 0. The molecule has 1 aliphatic heterocycles. The molecule has 35 heavy (non-hydrogen) atoms. The van der Waals surface area contributed by atoms with Gasteiger partial charge in [-0.3, -0.25) is 14.5 Å². The second kappa shape index (κ2) is 8.63. The third kappa shape index (κ3) is 3.76. The molecule has 7 nitrogen and oxygen atoms in total. The zero-order valence-corrected chi connectivity index (χ0v) is 20.3. The second-order valence-corrected chi connectivity index (χ2v) is 9.44. The molecule has 0 N–H and O–H groups in total. The summed E-state index contributed by atoms with van der Waals surface area (Å²) in [6.45, 7) is 9.16. The highest BCUT2D eigenvalue weighted by atomic mass is 32.1. The summed E-state index contributed by atoms with van der Waals surface area (Å²) in [5.41, 5.74) is 3.49. The van der Waals surface area contributed by atoms with Crippen LogP contribution in [0, 0.1) is 20.8 Å². The Morgan fingerprint density at radius 1 is 1.14 bits per heavy atom. The molecular weight excluding hydrogens is 464 g/mol. The van der Waals surface area contributed by atoms with Crippen molar-refractivity contribution in [3.63, 3.8) is 0 Å². The van der Waals surface area contributed by atoms with Crippen LogP contribution in [0.2, 0.25) is 0 Å². The van der Waals surface area contributed by atoms with Crippen LogP contribution in [0.4, 0.5) is 5.13 Å². The Hall–Kier alpha value is -4.04. The first-order valence-electron chi connectivity index (χ1n) is 11.0. The van der Waals surface area contributed by atoms with Gasteiger partial charge in [-0.05, 0) is 38.5 Å². The van der Waals surface area contributed by atoms with Crippen molar-refractivity contribution in [1.29, 1.82) is 0 Å². The van der Waals surface area contributed by atoms with E-state index in [1.807, 2.05) is 44.2 Å². The number of thiazole rings is 1. The summed E-state index contributed by atoms with van der Waals surface area (Å²) in [6, 6.07) is 12.2. The zero-order valence-electron chi connectivity index (χ0n) is 19.5. The minimum absolute atomic E-state index is 0.0134. The van der Waals surface area contributed by atoms with E-state index in [2.05, 4.69) is 11.6 Å². The first kappa shape index (κ1) is 22.7. The number of ether oxygens (including phenoxy) is 1. The fourth-order valence-corrected chi connectivity index (χ4v) is 5.21. The minimum Gasteiger partial charge on any atom is -0.457 e. The molecule has 0 fully saturated rings. The van der Waals surface area contributed by atoms with Gasteiger partial charge in [-0.15, -0.1) is 0 Å². The van der Waals surface area contributed by atoms with E-state index in [9.17, 15) is 14.4 Å². The van der Waals surface area contributed by atoms with Gasteiger partial charge in [-0.1, -0.05) is 65.5 Å². The molecule has 0 aliphatic carbocycles. The molecule has 4 aromatic rings. The average Bonchev–Trinajstić information content (AvgIpc) is 3.36. The van der Waals surface area contributed by atoms with Crippen molar-refractivity contribution in [3.8, 4) is 0 Å². The average molecular weight is 487 g/mol. The molecule has 1 amide bonds. The number of hydrogen-bond acceptors (Lipinski definition) is 7. The summed E-state index contributed by atoms with van der Waals surface area (Å²) in [5.74, 6) is -1.04. The van der Waals surface area contributed by atoms with Gasteiger partial charge in [0, 0.05) is 0 Å². The molecule has 2 aromatic carbocycles. The number of rotatable bonds is 5. The van der Waals surface area contributed by atoms with Crippen LogP contribution in [0.25, 0.3) is 11.0 Å². The van der Waals surface area contributed by atoms with E-state index in [0.29, 0.717) is 16.7 Å². The topological polar surface area (TPSA) is 89.7 Å². The number of aryl methyl sites for hydroxylation is 3. The van der Waals surface area contributed by atoms with Crippen molar-refractivity contribution in [2.75, 3.05) is 11.5 Å². The molecule has 0 saturated heterocycles. The van der Waals surface area contributed by atoms with E-state index in [4.69, 9.17) is 9.15 Å². The van der Waals surface area contributed by atoms with Crippen LogP contribution in [0.1, 0.15) is 54.2 Å². The second-order valence-electron chi connectivity index (χ2n) is 8.46. The third-order valence-corrected chi connectivity index (χ3v) is 7.06. The highest BCUT2D eigenvalue weighted by Crippen LogP contribution is 2.43. The van der Waals surface area contributed by atoms with Gasteiger partial charge in [-0.25, -0.2) is 9.78 Å². The number of carbonyl (C=O) groups excluding carboxylic acids is 2. The number of fused-ring (bicyclic) bond motifs is 2. The fourth-order valence-electron chi connectivity index (χ4n) is 4.22. The molecule has 1 aliphatic rings. The third-order valence-electron chi connectivity index (χ3n) is 5.93. The Labute approximate surface area is 205 Å². The molecule has 0 radical (unpaired) electrons. The minimum atomic E-state index is -0.748. The number of carbonyl (C=O) groups is 2. The van der Waals surface area contributed by atoms with Gasteiger partial charge in [0.1, 0.15) is 17.1 Å². The Kier molecular flexibility index (Phi) is 5.61. The van der Waals surface area contributed by atoms with Crippen molar-refractivity contribution >= 4 is 39.3 Å². The molecule has 2 aromatic heterocycles. The maximum Gasteiger partial charge on any atom is 0.350 e. The van der Waals surface area contributed by atoms with Gasteiger partial charge in [0.05, 0.1) is 22.7 Å². The standard InChI is InChI=1S/C27H22N2O5S/c1-5-12-33-26(32)24-16(4)28-27(35-24)29-21(17-9-6-14(2)7-10-17)20-22(30)18-13-15(3)8-11-19(18)34-23(20)25(29)31/h5-11,13,21H,1,12H2,2-4H3/t21-/m1/s1. The highest BCUT2D eigenvalue weighted by Gasteiger charge is 2.45. The van der Waals surface area contributed by atoms with E-state index in [1.54, 1.807) is 19.1 Å². The maximum atomic E-state index is 13.7. The quantitative estimate of drug-likeness (QED) is 0.282. The monoisotopic (exact) mass is 486 g/mol. The number of nitrogens with zero attached hydrogens (tertiary/aromatic N) is 2. The Morgan fingerprint density at radius 2 is 1.86 bits per heavy atom. The lowest BCUT2D eigenvalue weighted by Gasteiger charge is -2.22. The molecule has 0 unspecified atom stereocenters. The van der Waals surface area contributed by atoms with Crippen LogP contribution in [0.15, 0.2) is 64.3 Å². The van der Waals surface area contributed by atoms with Gasteiger partial charge in [-0.2, -0.15) is 0 Å². The van der Waals surface area contributed by atoms with Gasteiger partial charge in [0.15, 0.2) is 10.6 Å². The van der Waals surface area contributed by atoms with Gasteiger partial charge < -0.3 is 9.15 Å². The van der Waals surface area contributed by atoms with Crippen molar-refractivity contribution in [2.45, 2.75) is 26.8 Å². The van der Waals surface area contributed by atoms with E-state index >= 15 is 0 Å². The summed E-state index contributed by atoms with van der Waals surface area (Å²) >= 11 is 1.05. The van der Waals surface area contributed by atoms with Crippen molar-refractivity contribution in [3.05, 3.63) is 104 Å². The molecule has 3 heterocycles. The summed E-state index contributed by atoms with van der Waals surface area (Å²) < 4.78 is 11.2. The van der Waals surface area contributed by atoms with E-state index in [-0.39, 0.29) is 33.4 Å². The van der Waals surface area contributed by atoms with E-state index in [1.165, 1.54) is 11.0 Å². The summed E-state index contributed by atoms with van der Waals surface area (Å²) in [6.07, 6.45) is 1.48. The Morgan fingerprint density at radius 3 is 2.57 bits per heavy atom. The molecule has 176 valence electrons. The molecule has 0 spiro atoms. The summed E-state index contributed by atoms with van der Waals surface area (Å²) in [5, 5.41) is 0.703. The molecule has 0 saturated carbocycles. The van der Waals surface area contributed by atoms with Crippen molar-refractivity contribution < 1.29 is 18.7 Å². The fraction of sp³-hybridized carbons (Fsp3) is 0.185. The summed E-state index contributed by atoms with van der Waals surface area (Å²) in [7, 11) is 0. The molecule has 1 atom stereocenters. The Bertz CT molecular complexity index is 1570. The van der Waals surface area contributed by atoms with Gasteiger partial charge in [0.25, 0.3) is 5.91 Å². The van der Waals surface area contributed by atoms with Crippen LogP contribution in [-0.2, 0) is 4.74 Å². The molecule has 5 rings (SSSR count). The lowest BCUT2D eigenvalue weighted by molar-refractivity contribution is 0.0554. The van der Waals surface area contributed by atoms with Gasteiger partial charge >= 0.3 is 5.97 Å². The van der Waals surface area contributed by atoms with E-state index in [0.717, 1.165) is 28.0 Å². The number of benzene rings is 2. The van der Waals surface area contributed by atoms with Crippen LogP contribution in [0.5, 0.6) is 0 Å². The van der Waals surface area contributed by atoms with Crippen LogP contribution in [0.3, 0.4) is 0 Å². The van der Waals surface area contributed by atoms with Crippen molar-refractivity contribution in [2.24, 2.45) is 0 Å². The number of esters is 1. The molecular formula is C27H22N2O5S. The number of aromatic nitrogens is 1. The predicted octanol–water partition coefficient (Wildman–Crippen LogP) is 5.27. The lowest BCUT2D eigenvalue weighted by atomic mass is 9.97. The van der Waals surface area contributed by atoms with Crippen molar-refractivity contribution in [1.82, 2.24) is 4.98 Å². The largest absolute Gasteiger partial charge is 0.457 e. The normalized spacial score (nSPS) is 14.9. The van der Waals surface area contributed by atoms with Gasteiger partial charge in [0.2, 0.25) is 5.76 Å². The smallest absolute Gasteiger partial charge is 0.350 e. The zero-order chi connectivity index (χ0) is 24.9. The van der Waals surface area contributed by atoms with E-state index < -0.39 is 17.9 Å². The Balaban J connectivity index is 1.72. The first-order chi connectivity index (χ1) is 16.8. The first-order valence-corrected chi connectivity index (χ1v) is 11.8. The summed E-state index contributed by atoms with van der Waals surface area (Å²) in [4.78, 5) is 46.2. The lowest BCUT2D eigenvalue weighted by Crippen LogP contribution is -2.29. The number of amides is 1. The maximum absolute atomic E-state index is 13.7. The molecule has 0 bridgehead atoms. The highest BCUT2D eigenvalue weighted by molar-refractivity contribution is 7.17. The van der Waals surface area contributed by atoms with Crippen LogP contribution >= 0.6 is 11.3 Å². The molecule has 8 heteroatoms. The van der Waals surface area contributed by atoms with Crippen LogP contribution in [-0.4, -0.2) is 23.5 Å². The SMILES string of the molecule is C=CCOC(=O)c1sc(N2C(=O)c3oc4ccc(C)cc4c(=O)c3[C@H]2c2ccc(C)cc2)nc1C.